The number of nitrogens with zero attached hydrogens (tertiary/aromatic N) is 2. The Labute approximate surface area is 410 Å². The van der Waals surface area contributed by atoms with Crippen LogP contribution in [0.3, 0.4) is 0 Å². The van der Waals surface area contributed by atoms with Gasteiger partial charge in [0, 0.05) is 121 Å². The van der Waals surface area contributed by atoms with Gasteiger partial charge in [0.25, 0.3) is 5.91 Å². The molecule has 4 N–H and O–H groups in total. The quantitative estimate of drug-likeness (QED) is 0.0419. The molecule has 1 amide bonds. The molecular weight excluding hydrogens is 921 g/mol. The molecule has 4 aromatic rings. The standard InChI is InChI=1S/C25H36N2O6Si.C16H15NO4.C9H23NO3Si.H2/c1-4-30-34(31-5-2,32-6-3)15-9-12-26-24(28)21-17-19-16-18-10-7-13-27-14-8-11-20(22(18)27)23(19)33-25(21)29;18-15(19)12-8-10-7-9-3-1-5-17-6-2-4-11(13(9)17)14(10)21-16(12)20;1-4-11-14(12-5-2,13-6-3)9-7-8-10;/h16-17H,4-15H2,1-3H3,(H,26,28);7-8H,1-6H2,(H,18,19);4-10H2,1-3H3;1H/i;;;1+1D. The molecular formula is C50H76N4O13Si2. The first-order valence-corrected chi connectivity index (χ1v) is 29.1. The van der Waals surface area contributed by atoms with Gasteiger partial charge in [0.05, 0.1) is 0 Å². The van der Waals surface area contributed by atoms with Crippen LogP contribution in [0.1, 0.15) is 126 Å². The summed E-state index contributed by atoms with van der Waals surface area (Å²) in [5, 5.41) is 13.5. The molecule has 0 fully saturated rings. The summed E-state index contributed by atoms with van der Waals surface area (Å²) in [5.41, 5.74) is 12.3. The van der Waals surface area contributed by atoms with Crippen LogP contribution in [0.5, 0.6) is 0 Å². The zero-order valence-electron chi connectivity index (χ0n) is 43.6. The van der Waals surface area contributed by atoms with Crippen LogP contribution in [0, 0.1) is 0 Å². The van der Waals surface area contributed by atoms with Gasteiger partial charge in [-0.3, -0.25) is 4.79 Å². The number of amides is 1. The number of carbonyl (C=O) groups excluding carboxylic acids is 1. The molecule has 382 valence electrons. The summed E-state index contributed by atoms with van der Waals surface area (Å²) in [7, 11) is -5.15. The topological polar surface area (TPSA) is 215 Å². The highest BCUT2D eigenvalue weighted by atomic mass is 28.4. The van der Waals surface area contributed by atoms with Crippen molar-refractivity contribution in [2.75, 3.05) is 88.7 Å². The van der Waals surface area contributed by atoms with Gasteiger partial charge in [-0.25, -0.2) is 14.4 Å². The van der Waals surface area contributed by atoms with Gasteiger partial charge in [-0.15, -0.1) is 0 Å². The van der Waals surface area contributed by atoms with Gasteiger partial charge < -0.3 is 61.3 Å². The molecule has 0 aliphatic carbocycles. The highest BCUT2D eigenvalue weighted by Gasteiger charge is 2.40. The maximum atomic E-state index is 12.9. The maximum absolute atomic E-state index is 12.9. The van der Waals surface area contributed by atoms with Crippen LogP contribution in [0.25, 0.3) is 21.9 Å². The van der Waals surface area contributed by atoms with Gasteiger partial charge in [0.15, 0.2) is 0 Å². The molecule has 2 aromatic heterocycles. The molecule has 0 radical (unpaired) electrons. The Kier molecular flexibility index (Phi) is 19.4. The van der Waals surface area contributed by atoms with Crippen LogP contribution in [-0.2, 0) is 52.2 Å². The molecule has 69 heavy (non-hydrogen) atoms. The lowest BCUT2D eigenvalue weighted by Gasteiger charge is -2.37. The molecule has 0 unspecified atom stereocenters. The smallest absolute Gasteiger partial charge is 0.477 e. The zero-order valence-corrected chi connectivity index (χ0v) is 43.6. The van der Waals surface area contributed by atoms with Crippen molar-refractivity contribution in [3.8, 4) is 0 Å². The minimum absolute atomic E-state index is 0.0473. The molecule has 17 nitrogen and oxygen atoms in total. The van der Waals surface area contributed by atoms with E-state index in [0.717, 1.165) is 112 Å². The normalized spacial score (nSPS) is 15.3. The second kappa shape index (κ2) is 25.6. The number of benzene rings is 2. The molecule has 19 heteroatoms. The van der Waals surface area contributed by atoms with Crippen molar-refractivity contribution < 1.29 is 53.1 Å². The molecule has 0 saturated heterocycles. The Morgan fingerprint density at radius 3 is 1.43 bits per heavy atom. The van der Waals surface area contributed by atoms with Crippen molar-refractivity contribution in [3.05, 3.63) is 78.5 Å². The van der Waals surface area contributed by atoms with Crippen LogP contribution < -0.4 is 32.1 Å². The van der Waals surface area contributed by atoms with E-state index >= 15 is 0 Å². The second-order valence-electron chi connectivity index (χ2n) is 17.4. The minimum atomic E-state index is -2.75. The van der Waals surface area contributed by atoms with Gasteiger partial charge >= 0.3 is 34.8 Å². The summed E-state index contributed by atoms with van der Waals surface area (Å²) in [6, 6.07) is 8.65. The Morgan fingerprint density at radius 2 is 1.03 bits per heavy atom. The third-order valence-corrected chi connectivity index (χ3v) is 19.0. The third kappa shape index (κ3) is 12.9. The number of aromatic carboxylic acids is 1. The third-order valence-electron chi connectivity index (χ3n) is 12.7. The molecule has 0 bridgehead atoms. The fourth-order valence-corrected chi connectivity index (χ4v) is 15.4. The molecule has 2 aromatic carbocycles. The Morgan fingerprint density at radius 1 is 0.638 bits per heavy atom. The van der Waals surface area contributed by atoms with Crippen molar-refractivity contribution in [2.45, 2.75) is 118 Å². The van der Waals surface area contributed by atoms with Gasteiger partial charge in [0.2, 0.25) is 0 Å². The summed E-state index contributed by atoms with van der Waals surface area (Å²) in [6.45, 7) is 20.3. The molecule has 0 spiro atoms. The van der Waals surface area contributed by atoms with Crippen molar-refractivity contribution in [2.24, 2.45) is 5.73 Å². The van der Waals surface area contributed by atoms with Crippen LogP contribution in [0.15, 0.2) is 42.7 Å². The number of fused-ring (bicyclic) bond motifs is 4. The van der Waals surface area contributed by atoms with Crippen molar-refractivity contribution in [1.82, 2.24) is 5.32 Å². The van der Waals surface area contributed by atoms with E-state index in [2.05, 4.69) is 21.2 Å². The fourth-order valence-electron chi connectivity index (χ4n) is 10.1. The Bertz CT molecular complexity index is 2470. The van der Waals surface area contributed by atoms with E-state index in [1.54, 1.807) is 6.07 Å². The number of carboxylic acid groups (broad SMARTS) is 1. The number of carboxylic acids is 1. The van der Waals surface area contributed by atoms with Crippen LogP contribution in [0.4, 0.5) is 11.4 Å². The van der Waals surface area contributed by atoms with Gasteiger partial charge in [-0.05, 0) is 148 Å². The van der Waals surface area contributed by atoms with Crippen molar-refractivity contribution >= 4 is 62.8 Å². The lowest BCUT2D eigenvalue weighted by Crippen LogP contribution is -2.46. The Hall–Kier alpha value is -4.45. The first-order valence-electron chi connectivity index (χ1n) is 26.2. The zero-order chi connectivity index (χ0) is 51.6. The van der Waals surface area contributed by atoms with E-state index in [1.807, 2.05) is 47.6 Å². The van der Waals surface area contributed by atoms with Gasteiger partial charge in [-0.2, -0.15) is 0 Å². The predicted octanol–water partition coefficient (Wildman–Crippen LogP) is 7.48. The number of hydrogen-bond acceptors (Lipinski definition) is 15. The van der Waals surface area contributed by atoms with Crippen LogP contribution >= 0.6 is 0 Å². The molecule has 4 aliphatic heterocycles. The summed E-state index contributed by atoms with van der Waals surface area (Å²) in [4.78, 5) is 53.3. The maximum Gasteiger partial charge on any atom is 0.500 e. The highest BCUT2D eigenvalue weighted by molar-refractivity contribution is 6.61. The molecule has 6 heterocycles. The first-order chi connectivity index (χ1) is 34.4. The number of anilines is 2. The fraction of sp³-hybridized carbons (Fsp3) is 0.600. The SMILES string of the molecule is CCO[Si](CCCN)(OCC)OCC.CCO[Si](CCCNC(=O)c1cc2cc3c4c(c2oc1=O)CCCN4CCC3)(OCC)OCC.O=C(O)c1cc2cc3c4c(c2oc1=O)CCCN4CCC3.[2H][2H]. The van der Waals surface area contributed by atoms with Gasteiger partial charge in [0.1, 0.15) is 22.3 Å². The molecule has 0 saturated carbocycles. The van der Waals surface area contributed by atoms with Crippen molar-refractivity contribution in [1.29, 1.82) is 0 Å². The first kappa shape index (κ1) is 52.4. The average Bonchev–Trinajstić information content (AvgIpc) is 3.36. The summed E-state index contributed by atoms with van der Waals surface area (Å²) >= 11 is 0. The van der Waals surface area contributed by atoms with Crippen LogP contribution in [-0.4, -0.2) is 114 Å². The van der Waals surface area contributed by atoms with E-state index in [9.17, 15) is 19.2 Å². The molecule has 8 rings (SSSR count). The number of nitrogens with one attached hydrogen (secondary N) is 1. The van der Waals surface area contributed by atoms with E-state index in [-0.39, 0.29) is 11.1 Å². The monoisotopic (exact) mass is 999 g/mol. The number of nitrogens with two attached hydrogens (primary N) is 1. The number of rotatable bonds is 21. The van der Waals surface area contributed by atoms with E-state index in [0.29, 0.717) is 76.4 Å². The Balaban J connectivity index is 0.000000215. The van der Waals surface area contributed by atoms with Gasteiger partial charge in [-0.1, -0.05) is 0 Å². The lowest BCUT2D eigenvalue weighted by atomic mass is 9.90. The lowest BCUT2D eigenvalue weighted by molar-refractivity contribution is 0.0686. The summed E-state index contributed by atoms with van der Waals surface area (Å²) in [6.07, 6.45) is 9.64. The summed E-state index contributed by atoms with van der Waals surface area (Å²) < 4.78 is 55.6. The number of hydrogen-bond donors (Lipinski definition) is 3. The summed E-state index contributed by atoms with van der Waals surface area (Å²) in [5.74, 6) is -1.65. The number of aryl methyl sites for hydroxylation is 4. The highest BCUT2D eigenvalue weighted by Crippen LogP contribution is 2.41. The van der Waals surface area contributed by atoms with E-state index in [4.69, 9.17) is 49.2 Å². The second-order valence-corrected chi connectivity index (χ2v) is 22.8. The molecule has 4 aliphatic rings. The van der Waals surface area contributed by atoms with E-state index < -0.39 is 40.7 Å². The predicted molar refractivity (Wildman–Crippen MR) is 273 cm³/mol. The largest absolute Gasteiger partial charge is 0.500 e. The average molecular weight is 999 g/mol. The minimum Gasteiger partial charge on any atom is -0.477 e. The molecule has 0 atom stereocenters. The van der Waals surface area contributed by atoms with E-state index in [1.165, 1.54) is 28.6 Å². The number of carbonyl (C=O) groups is 2. The van der Waals surface area contributed by atoms with Crippen LogP contribution in [0.2, 0.25) is 12.1 Å². The van der Waals surface area contributed by atoms with Crippen molar-refractivity contribution in [3.63, 3.8) is 0 Å².